The maximum Gasteiger partial charge on any atom is 0.310 e. The molecule has 0 spiro atoms. The fourth-order valence-corrected chi connectivity index (χ4v) is 3.61. The number of hydrogen-bond donors (Lipinski definition) is 0. The fourth-order valence-electron chi connectivity index (χ4n) is 2.95. The average molecular weight is 334 g/mol. The summed E-state index contributed by atoms with van der Waals surface area (Å²) in [5, 5.41) is 8.17. The minimum atomic E-state index is -0.185. The van der Waals surface area contributed by atoms with Crippen molar-refractivity contribution in [2.45, 2.75) is 45.8 Å². The third-order valence-corrected chi connectivity index (χ3v) is 5.05. The minimum absolute atomic E-state index is 0.0293. The molecule has 0 saturated carbocycles. The maximum atomic E-state index is 12.1. The van der Waals surface area contributed by atoms with E-state index in [1.807, 2.05) is 13.8 Å². The second-order valence-corrected chi connectivity index (χ2v) is 6.86. The lowest BCUT2D eigenvalue weighted by atomic mass is 10.1. The van der Waals surface area contributed by atoms with Crippen LogP contribution in [0.15, 0.2) is 21.3 Å². The fraction of sp³-hybridized carbons (Fsp3) is 0.529. The van der Waals surface area contributed by atoms with E-state index in [-0.39, 0.29) is 18.5 Å². The van der Waals surface area contributed by atoms with E-state index in [4.69, 9.17) is 9.26 Å². The van der Waals surface area contributed by atoms with Crippen molar-refractivity contribution < 1.29 is 14.1 Å². The summed E-state index contributed by atoms with van der Waals surface area (Å²) in [5.41, 5.74) is 2.98. The molecule has 0 aromatic carbocycles. The Morgan fingerprint density at radius 1 is 1.43 bits per heavy atom. The minimum Gasteiger partial charge on any atom is -0.462 e. The number of carbonyl (C=O) groups excluding carboxylic acids is 1. The van der Waals surface area contributed by atoms with Gasteiger partial charge in [-0.2, -0.15) is 11.3 Å². The number of rotatable bonds is 5. The van der Waals surface area contributed by atoms with Crippen LogP contribution in [0.3, 0.4) is 0 Å². The molecule has 3 heterocycles. The topological polar surface area (TPSA) is 55.6 Å². The number of aromatic nitrogens is 1. The van der Waals surface area contributed by atoms with Crippen LogP contribution < -0.4 is 0 Å². The van der Waals surface area contributed by atoms with Gasteiger partial charge in [0.15, 0.2) is 0 Å². The van der Waals surface area contributed by atoms with Crippen molar-refractivity contribution in [1.82, 2.24) is 10.1 Å². The number of ether oxygens (including phenoxy) is 1. The third kappa shape index (κ3) is 4.20. The summed E-state index contributed by atoms with van der Waals surface area (Å²) in [6, 6.07) is 2.17. The van der Waals surface area contributed by atoms with E-state index >= 15 is 0 Å². The first-order valence-corrected chi connectivity index (χ1v) is 8.90. The van der Waals surface area contributed by atoms with Crippen molar-refractivity contribution >= 4 is 17.3 Å². The number of carbonyl (C=O) groups is 1. The predicted molar refractivity (Wildman–Crippen MR) is 88.4 cm³/mol. The van der Waals surface area contributed by atoms with Crippen molar-refractivity contribution in [1.29, 1.82) is 0 Å². The van der Waals surface area contributed by atoms with Crippen LogP contribution in [0, 0.1) is 13.8 Å². The molecule has 2 aromatic heterocycles. The van der Waals surface area contributed by atoms with Gasteiger partial charge in [-0.05, 0) is 49.1 Å². The van der Waals surface area contributed by atoms with Crippen molar-refractivity contribution in [3.05, 3.63) is 39.4 Å². The summed E-state index contributed by atoms with van der Waals surface area (Å²) in [7, 11) is 0. The van der Waals surface area contributed by atoms with E-state index in [2.05, 4.69) is 26.9 Å². The van der Waals surface area contributed by atoms with Crippen molar-refractivity contribution in [3.8, 4) is 0 Å². The van der Waals surface area contributed by atoms with Crippen molar-refractivity contribution in [3.63, 3.8) is 0 Å². The Kier molecular flexibility index (Phi) is 5.13. The average Bonchev–Trinajstić information content (AvgIpc) is 3.14. The maximum absolute atomic E-state index is 12.1. The number of nitrogens with zero attached hydrogens (tertiary/aromatic N) is 2. The zero-order chi connectivity index (χ0) is 16.2. The smallest absolute Gasteiger partial charge is 0.310 e. The molecule has 5 nitrogen and oxygen atoms in total. The molecule has 2 aromatic rings. The number of likely N-dealkylation sites (tertiary alicyclic amines) is 1. The molecule has 0 unspecified atom stereocenters. The largest absolute Gasteiger partial charge is 0.462 e. The second-order valence-electron chi connectivity index (χ2n) is 6.08. The number of esters is 1. The van der Waals surface area contributed by atoms with E-state index in [0.29, 0.717) is 5.76 Å². The van der Waals surface area contributed by atoms with Crippen LogP contribution in [0.25, 0.3) is 0 Å². The van der Waals surface area contributed by atoms with Gasteiger partial charge in [-0.1, -0.05) is 5.16 Å². The van der Waals surface area contributed by atoms with Crippen LogP contribution in [0.2, 0.25) is 0 Å². The summed E-state index contributed by atoms with van der Waals surface area (Å²) >= 11 is 1.73. The highest BCUT2D eigenvalue weighted by Crippen LogP contribution is 2.19. The molecule has 1 fully saturated rings. The Morgan fingerprint density at radius 2 is 2.22 bits per heavy atom. The van der Waals surface area contributed by atoms with Crippen LogP contribution >= 0.6 is 11.3 Å². The molecule has 0 radical (unpaired) electrons. The van der Waals surface area contributed by atoms with E-state index in [9.17, 15) is 4.79 Å². The third-order valence-electron chi connectivity index (χ3n) is 4.32. The molecule has 6 heteroatoms. The lowest BCUT2D eigenvalue weighted by Crippen LogP contribution is -2.37. The summed E-state index contributed by atoms with van der Waals surface area (Å²) in [4.78, 5) is 14.5. The summed E-state index contributed by atoms with van der Waals surface area (Å²) in [6.07, 6.45) is 2.08. The number of hydrogen-bond acceptors (Lipinski definition) is 6. The van der Waals surface area contributed by atoms with Crippen LogP contribution in [-0.2, 0) is 22.5 Å². The molecule has 0 N–H and O–H groups in total. The molecule has 0 atom stereocenters. The first kappa shape index (κ1) is 16.2. The Hall–Kier alpha value is -1.66. The molecular weight excluding hydrogens is 312 g/mol. The Balaban J connectivity index is 1.44. The zero-order valence-corrected chi connectivity index (χ0v) is 14.4. The van der Waals surface area contributed by atoms with Gasteiger partial charge in [0, 0.05) is 25.2 Å². The first-order valence-electron chi connectivity index (χ1n) is 7.96. The van der Waals surface area contributed by atoms with Gasteiger partial charge in [0.05, 0.1) is 12.1 Å². The first-order chi connectivity index (χ1) is 11.1. The molecular formula is C17H22N2O3S. The summed E-state index contributed by atoms with van der Waals surface area (Å²) in [6.45, 7) is 6.61. The van der Waals surface area contributed by atoms with E-state index < -0.39 is 0 Å². The van der Waals surface area contributed by atoms with E-state index in [0.717, 1.165) is 43.7 Å². The van der Waals surface area contributed by atoms with Crippen molar-refractivity contribution in [2.75, 3.05) is 13.1 Å². The lowest BCUT2D eigenvalue weighted by molar-refractivity contribution is -0.150. The SMILES string of the molecule is Cc1noc(C)c1CC(=O)OC1CCN(Cc2ccsc2)CC1. The molecule has 0 aliphatic carbocycles. The standard InChI is InChI=1S/C17H22N2O3S/c1-12-16(13(2)22-18-12)9-17(20)21-15-3-6-19(7-4-15)10-14-5-8-23-11-14/h5,8,11,15H,3-4,6-7,9-10H2,1-2H3. The number of aryl methyl sites for hydroxylation is 2. The van der Waals surface area contributed by atoms with Gasteiger partial charge in [-0.3, -0.25) is 9.69 Å². The Morgan fingerprint density at radius 3 is 2.83 bits per heavy atom. The van der Waals surface area contributed by atoms with Crippen LogP contribution in [0.1, 0.15) is 35.4 Å². The van der Waals surface area contributed by atoms with Crippen LogP contribution in [0.5, 0.6) is 0 Å². The molecule has 1 aliphatic heterocycles. The van der Waals surface area contributed by atoms with Gasteiger partial charge < -0.3 is 9.26 Å². The molecule has 124 valence electrons. The predicted octanol–water partition coefficient (Wildman–Crippen LogP) is 3.10. The Bertz CT molecular complexity index is 623. The van der Waals surface area contributed by atoms with Gasteiger partial charge in [-0.15, -0.1) is 0 Å². The van der Waals surface area contributed by atoms with Crippen LogP contribution in [-0.4, -0.2) is 35.2 Å². The Labute approximate surface area is 140 Å². The van der Waals surface area contributed by atoms with Gasteiger partial charge >= 0.3 is 5.97 Å². The highest BCUT2D eigenvalue weighted by molar-refractivity contribution is 7.07. The van der Waals surface area contributed by atoms with Gasteiger partial charge in [0.25, 0.3) is 0 Å². The van der Waals surface area contributed by atoms with E-state index in [1.54, 1.807) is 11.3 Å². The normalized spacial score (nSPS) is 16.6. The molecule has 1 aliphatic rings. The molecule has 0 bridgehead atoms. The highest BCUT2D eigenvalue weighted by Gasteiger charge is 2.23. The van der Waals surface area contributed by atoms with E-state index in [1.165, 1.54) is 5.56 Å². The summed E-state index contributed by atoms with van der Waals surface area (Å²) < 4.78 is 10.7. The van der Waals surface area contributed by atoms with Gasteiger partial charge in [-0.25, -0.2) is 0 Å². The van der Waals surface area contributed by atoms with Gasteiger partial charge in [0.1, 0.15) is 11.9 Å². The molecule has 0 amide bonds. The highest BCUT2D eigenvalue weighted by atomic mass is 32.1. The van der Waals surface area contributed by atoms with Crippen molar-refractivity contribution in [2.24, 2.45) is 0 Å². The monoisotopic (exact) mass is 334 g/mol. The molecule has 23 heavy (non-hydrogen) atoms. The quantitative estimate of drug-likeness (QED) is 0.787. The molecule has 1 saturated heterocycles. The summed E-state index contributed by atoms with van der Waals surface area (Å²) in [5.74, 6) is 0.515. The van der Waals surface area contributed by atoms with Crippen LogP contribution in [0.4, 0.5) is 0 Å². The molecule has 3 rings (SSSR count). The number of thiophene rings is 1. The second kappa shape index (κ2) is 7.27. The van der Waals surface area contributed by atoms with Gasteiger partial charge in [0.2, 0.25) is 0 Å². The lowest BCUT2D eigenvalue weighted by Gasteiger charge is -2.31. The number of piperidine rings is 1. The zero-order valence-electron chi connectivity index (χ0n) is 13.6.